The molecule has 2 N–H and O–H groups in total. The number of ether oxygens (including phenoxy) is 1. The highest BCUT2D eigenvalue weighted by molar-refractivity contribution is 5.30. The van der Waals surface area contributed by atoms with Gasteiger partial charge in [0.05, 0.1) is 6.61 Å². The SMILES string of the molecule is CCN1CCc2c(cc(C(C)N)c(=O)n2CCOC)C1. The number of likely N-dealkylation sites (N-methyl/N-ethyl adjacent to an activating group) is 1. The van der Waals surface area contributed by atoms with Gasteiger partial charge < -0.3 is 15.0 Å². The van der Waals surface area contributed by atoms with Gasteiger partial charge in [0, 0.05) is 50.5 Å². The largest absolute Gasteiger partial charge is 0.383 e. The van der Waals surface area contributed by atoms with E-state index in [1.165, 1.54) is 5.56 Å². The van der Waals surface area contributed by atoms with Crippen LogP contribution in [0.2, 0.25) is 0 Å². The molecule has 1 aromatic heterocycles. The van der Waals surface area contributed by atoms with Crippen LogP contribution in [0.3, 0.4) is 0 Å². The summed E-state index contributed by atoms with van der Waals surface area (Å²) >= 11 is 0. The third-order valence-electron chi connectivity index (χ3n) is 4.03. The van der Waals surface area contributed by atoms with Crippen molar-refractivity contribution in [2.75, 3.05) is 26.8 Å². The first-order chi connectivity index (χ1) is 9.58. The Kier molecular flexibility index (Phi) is 4.96. The molecule has 5 heteroatoms. The van der Waals surface area contributed by atoms with Crippen molar-refractivity contribution in [3.05, 3.63) is 33.2 Å². The van der Waals surface area contributed by atoms with Gasteiger partial charge in [-0.3, -0.25) is 9.69 Å². The van der Waals surface area contributed by atoms with Crippen LogP contribution >= 0.6 is 0 Å². The Labute approximate surface area is 120 Å². The molecule has 1 unspecified atom stereocenters. The number of nitrogens with two attached hydrogens (primary N) is 1. The average Bonchev–Trinajstić information content (AvgIpc) is 2.45. The quantitative estimate of drug-likeness (QED) is 0.869. The van der Waals surface area contributed by atoms with Gasteiger partial charge in [0.1, 0.15) is 0 Å². The number of pyridine rings is 1. The van der Waals surface area contributed by atoms with Crippen molar-refractivity contribution in [2.45, 2.75) is 39.4 Å². The number of fused-ring (bicyclic) bond motifs is 1. The molecule has 0 bridgehead atoms. The molecule has 0 aliphatic carbocycles. The second-order valence-corrected chi connectivity index (χ2v) is 5.43. The molecular formula is C15H25N3O2. The maximum atomic E-state index is 12.6. The molecule has 0 aromatic carbocycles. The first-order valence-corrected chi connectivity index (χ1v) is 7.30. The van der Waals surface area contributed by atoms with Gasteiger partial charge in [-0.05, 0) is 25.1 Å². The van der Waals surface area contributed by atoms with Crippen LogP contribution in [-0.2, 0) is 24.2 Å². The molecule has 0 spiro atoms. The lowest BCUT2D eigenvalue weighted by molar-refractivity contribution is 0.183. The molecule has 0 saturated heterocycles. The van der Waals surface area contributed by atoms with Gasteiger partial charge in [-0.25, -0.2) is 0 Å². The molecule has 1 aliphatic rings. The summed E-state index contributed by atoms with van der Waals surface area (Å²) in [5.74, 6) is 0. The predicted molar refractivity (Wildman–Crippen MR) is 79.8 cm³/mol. The normalized spacial score (nSPS) is 17.0. The maximum Gasteiger partial charge on any atom is 0.255 e. The van der Waals surface area contributed by atoms with E-state index in [4.69, 9.17) is 10.5 Å². The number of aromatic nitrogens is 1. The van der Waals surface area contributed by atoms with E-state index >= 15 is 0 Å². The lowest BCUT2D eigenvalue weighted by Crippen LogP contribution is -2.38. The van der Waals surface area contributed by atoms with Gasteiger partial charge in [0.2, 0.25) is 0 Å². The summed E-state index contributed by atoms with van der Waals surface area (Å²) < 4.78 is 7.00. The van der Waals surface area contributed by atoms with Crippen molar-refractivity contribution in [3.63, 3.8) is 0 Å². The van der Waals surface area contributed by atoms with Crippen LogP contribution in [0.25, 0.3) is 0 Å². The van der Waals surface area contributed by atoms with Crippen molar-refractivity contribution in [1.29, 1.82) is 0 Å². The third kappa shape index (κ3) is 2.95. The molecule has 5 nitrogen and oxygen atoms in total. The molecule has 0 radical (unpaired) electrons. The van der Waals surface area contributed by atoms with E-state index in [2.05, 4.69) is 11.8 Å². The van der Waals surface area contributed by atoms with Crippen molar-refractivity contribution in [1.82, 2.24) is 9.47 Å². The fourth-order valence-electron chi connectivity index (χ4n) is 2.82. The summed E-state index contributed by atoms with van der Waals surface area (Å²) in [7, 11) is 1.66. The topological polar surface area (TPSA) is 60.5 Å². The molecule has 1 atom stereocenters. The molecule has 2 heterocycles. The van der Waals surface area contributed by atoms with Gasteiger partial charge in [0.15, 0.2) is 0 Å². The maximum absolute atomic E-state index is 12.6. The van der Waals surface area contributed by atoms with Crippen LogP contribution in [0.15, 0.2) is 10.9 Å². The highest BCUT2D eigenvalue weighted by Gasteiger charge is 2.21. The standard InChI is InChI=1S/C15H25N3O2/c1-4-17-6-5-14-12(10-17)9-13(11(2)16)15(19)18(14)7-8-20-3/h9,11H,4-8,10,16H2,1-3H3. The molecule has 1 aliphatic heterocycles. The second kappa shape index (κ2) is 6.52. The summed E-state index contributed by atoms with van der Waals surface area (Å²) in [5, 5.41) is 0. The summed E-state index contributed by atoms with van der Waals surface area (Å²) in [4.78, 5) is 14.9. The fourth-order valence-corrected chi connectivity index (χ4v) is 2.82. The van der Waals surface area contributed by atoms with E-state index in [1.54, 1.807) is 7.11 Å². The van der Waals surface area contributed by atoms with E-state index in [9.17, 15) is 4.79 Å². The Morgan fingerprint density at radius 3 is 2.85 bits per heavy atom. The zero-order chi connectivity index (χ0) is 14.7. The van der Waals surface area contributed by atoms with Crippen molar-refractivity contribution >= 4 is 0 Å². The number of hydrogen-bond donors (Lipinski definition) is 1. The van der Waals surface area contributed by atoms with E-state index in [0.717, 1.165) is 31.7 Å². The monoisotopic (exact) mass is 279 g/mol. The predicted octanol–water partition coefficient (Wildman–Crippen LogP) is 0.892. The van der Waals surface area contributed by atoms with Crippen LogP contribution in [0.4, 0.5) is 0 Å². The Morgan fingerprint density at radius 2 is 2.25 bits per heavy atom. The minimum atomic E-state index is -0.237. The minimum Gasteiger partial charge on any atom is -0.383 e. The lowest BCUT2D eigenvalue weighted by atomic mass is 10.00. The molecule has 0 fully saturated rings. The molecular weight excluding hydrogens is 254 g/mol. The smallest absolute Gasteiger partial charge is 0.255 e. The van der Waals surface area contributed by atoms with Crippen LogP contribution in [0.1, 0.15) is 36.7 Å². The molecule has 20 heavy (non-hydrogen) atoms. The van der Waals surface area contributed by atoms with Crippen LogP contribution in [0, 0.1) is 0 Å². The number of hydrogen-bond acceptors (Lipinski definition) is 4. The van der Waals surface area contributed by atoms with E-state index in [0.29, 0.717) is 18.7 Å². The Balaban J connectivity index is 2.48. The lowest BCUT2D eigenvalue weighted by Gasteiger charge is -2.30. The van der Waals surface area contributed by atoms with Gasteiger partial charge in [-0.1, -0.05) is 6.92 Å². The average molecular weight is 279 g/mol. The van der Waals surface area contributed by atoms with Crippen LogP contribution in [-0.4, -0.2) is 36.3 Å². The summed E-state index contributed by atoms with van der Waals surface area (Å²) in [6, 6.07) is 1.77. The molecule has 0 saturated carbocycles. The zero-order valence-electron chi connectivity index (χ0n) is 12.7. The number of methoxy groups -OCH3 is 1. The van der Waals surface area contributed by atoms with E-state index < -0.39 is 0 Å². The van der Waals surface area contributed by atoms with Gasteiger partial charge in [0.25, 0.3) is 5.56 Å². The van der Waals surface area contributed by atoms with E-state index in [1.807, 2.05) is 17.6 Å². The van der Waals surface area contributed by atoms with Gasteiger partial charge in [-0.2, -0.15) is 0 Å². The van der Waals surface area contributed by atoms with Crippen molar-refractivity contribution in [3.8, 4) is 0 Å². The Hall–Kier alpha value is -1.17. The van der Waals surface area contributed by atoms with Gasteiger partial charge >= 0.3 is 0 Å². The Bertz CT molecular complexity index is 523. The van der Waals surface area contributed by atoms with Crippen LogP contribution in [0.5, 0.6) is 0 Å². The van der Waals surface area contributed by atoms with E-state index in [-0.39, 0.29) is 11.6 Å². The highest BCUT2D eigenvalue weighted by Crippen LogP contribution is 2.20. The first kappa shape index (κ1) is 15.2. The summed E-state index contributed by atoms with van der Waals surface area (Å²) in [6.07, 6.45) is 0.918. The summed E-state index contributed by atoms with van der Waals surface area (Å²) in [6.45, 7) is 8.12. The molecule has 2 rings (SSSR count). The summed E-state index contributed by atoms with van der Waals surface area (Å²) in [5.41, 5.74) is 9.09. The number of nitrogens with zero attached hydrogens (tertiary/aromatic N) is 2. The first-order valence-electron chi connectivity index (χ1n) is 7.30. The molecule has 0 amide bonds. The third-order valence-corrected chi connectivity index (χ3v) is 4.03. The molecule has 1 aromatic rings. The molecule has 112 valence electrons. The van der Waals surface area contributed by atoms with Crippen molar-refractivity contribution in [2.24, 2.45) is 5.73 Å². The second-order valence-electron chi connectivity index (χ2n) is 5.43. The van der Waals surface area contributed by atoms with Gasteiger partial charge in [-0.15, -0.1) is 0 Å². The van der Waals surface area contributed by atoms with Crippen molar-refractivity contribution < 1.29 is 4.74 Å². The van der Waals surface area contributed by atoms with Crippen LogP contribution < -0.4 is 11.3 Å². The fraction of sp³-hybridized carbons (Fsp3) is 0.667. The minimum absolute atomic E-state index is 0.0424. The highest BCUT2D eigenvalue weighted by atomic mass is 16.5. The zero-order valence-corrected chi connectivity index (χ0v) is 12.7. The number of rotatable bonds is 5. The Morgan fingerprint density at radius 1 is 1.50 bits per heavy atom.